The number of nitrogens with zero attached hydrogens (tertiary/aromatic N) is 1. The molecule has 110 valence electrons. The van der Waals surface area contributed by atoms with Crippen LogP contribution in [0.5, 0.6) is 0 Å². The van der Waals surface area contributed by atoms with E-state index in [0.29, 0.717) is 0 Å². The van der Waals surface area contributed by atoms with Gasteiger partial charge in [-0.2, -0.15) is 0 Å². The Morgan fingerprint density at radius 3 is 2.80 bits per heavy atom. The zero-order chi connectivity index (χ0) is 13.2. The summed E-state index contributed by atoms with van der Waals surface area (Å²) in [6.45, 7) is 5.89. The first-order chi connectivity index (χ1) is 9.26. The molecule has 1 fully saturated rings. The number of likely N-dealkylation sites (tertiary alicyclic amines) is 1. The van der Waals surface area contributed by atoms with Crippen LogP contribution < -0.4 is 0 Å². The molecule has 20 heavy (non-hydrogen) atoms. The van der Waals surface area contributed by atoms with Crippen LogP contribution in [0.2, 0.25) is 5.02 Å². The fraction of sp³-hybridized carbons (Fsp3) is 0.467. The molecule has 1 aromatic heterocycles. The van der Waals surface area contributed by atoms with Crippen LogP contribution in [0.4, 0.5) is 0 Å². The fourth-order valence-corrected chi connectivity index (χ4v) is 4.09. The molecule has 1 aromatic carbocycles. The largest absolute Gasteiger partial charge is 0.360 e. The summed E-state index contributed by atoms with van der Waals surface area (Å²) in [5.74, 6) is 0. The van der Waals surface area contributed by atoms with E-state index in [1.165, 1.54) is 48.3 Å². The van der Waals surface area contributed by atoms with Crippen molar-refractivity contribution in [3.63, 3.8) is 0 Å². The van der Waals surface area contributed by atoms with E-state index in [2.05, 4.69) is 35.1 Å². The fourth-order valence-electron chi connectivity index (χ4n) is 2.69. The number of nitrogens with one attached hydrogen (secondary N) is 1. The predicted molar refractivity (Wildman–Crippen MR) is 91.5 cm³/mol. The standard InChI is InChI=1S/C15H19ClN2S.ClH/c1-2-18-7-5-12(6-8-18)19-15-10-17-14-4-3-11(16)9-13(14)15;/h3-4,9-10,12,17H,2,5-8H2,1H3;1H. The second-order valence-electron chi connectivity index (χ2n) is 5.09. The molecule has 1 N–H and O–H groups in total. The lowest BCUT2D eigenvalue weighted by Gasteiger charge is -2.30. The summed E-state index contributed by atoms with van der Waals surface area (Å²) in [6, 6.07) is 6.06. The van der Waals surface area contributed by atoms with Crippen molar-refractivity contribution in [2.24, 2.45) is 0 Å². The molecule has 0 saturated carbocycles. The van der Waals surface area contributed by atoms with Gasteiger partial charge in [0.1, 0.15) is 0 Å². The highest BCUT2D eigenvalue weighted by Gasteiger charge is 2.20. The lowest BCUT2D eigenvalue weighted by molar-refractivity contribution is 0.244. The monoisotopic (exact) mass is 330 g/mol. The van der Waals surface area contributed by atoms with Gasteiger partial charge in [-0.3, -0.25) is 0 Å². The van der Waals surface area contributed by atoms with Gasteiger partial charge < -0.3 is 9.88 Å². The molecule has 2 nitrogen and oxygen atoms in total. The van der Waals surface area contributed by atoms with Crippen molar-refractivity contribution < 1.29 is 0 Å². The third kappa shape index (κ3) is 3.45. The van der Waals surface area contributed by atoms with Crippen LogP contribution in [0, 0.1) is 0 Å². The highest BCUT2D eigenvalue weighted by Crippen LogP contribution is 2.35. The van der Waals surface area contributed by atoms with Crippen molar-refractivity contribution in [2.45, 2.75) is 29.9 Å². The summed E-state index contributed by atoms with van der Waals surface area (Å²) in [5, 5.41) is 2.81. The second-order valence-corrected chi connectivity index (χ2v) is 6.87. The molecule has 1 saturated heterocycles. The third-order valence-corrected chi connectivity index (χ3v) is 5.51. The smallest absolute Gasteiger partial charge is 0.0466 e. The molecule has 0 bridgehead atoms. The minimum atomic E-state index is 0. The molecule has 1 aliphatic heterocycles. The quantitative estimate of drug-likeness (QED) is 0.869. The topological polar surface area (TPSA) is 19.0 Å². The van der Waals surface area contributed by atoms with Gasteiger partial charge >= 0.3 is 0 Å². The van der Waals surface area contributed by atoms with Gasteiger partial charge in [-0.15, -0.1) is 24.2 Å². The predicted octanol–water partition coefficient (Wildman–Crippen LogP) is 4.82. The number of rotatable bonds is 3. The van der Waals surface area contributed by atoms with Crippen LogP contribution in [-0.4, -0.2) is 34.8 Å². The number of hydrogen-bond acceptors (Lipinski definition) is 2. The van der Waals surface area contributed by atoms with Crippen LogP contribution in [0.25, 0.3) is 10.9 Å². The maximum Gasteiger partial charge on any atom is 0.0466 e. The Balaban J connectivity index is 0.00000147. The number of H-pyrrole nitrogens is 1. The molecular formula is C15H20Cl2N2S. The molecule has 0 radical (unpaired) electrons. The molecule has 0 amide bonds. The summed E-state index contributed by atoms with van der Waals surface area (Å²) >= 11 is 8.10. The first kappa shape index (κ1) is 16.0. The van der Waals surface area contributed by atoms with Crippen molar-refractivity contribution in [3.05, 3.63) is 29.4 Å². The van der Waals surface area contributed by atoms with Gasteiger partial charge in [-0.25, -0.2) is 0 Å². The number of fused-ring (bicyclic) bond motifs is 1. The summed E-state index contributed by atoms with van der Waals surface area (Å²) < 4.78 is 0. The normalized spacial score (nSPS) is 17.3. The first-order valence-electron chi connectivity index (χ1n) is 6.92. The Morgan fingerprint density at radius 1 is 1.35 bits per heavy atom. The van der Waals surface area contributed by atoms with Gasteiger partial charge in [-0.1, -0.05) is 18.5 Å². The summed E-state index contributed by atoms with van der Waals surface area (Å²) in [6.07, 6.45) is 4.69. The number of piperidine rings is 1. The zero-order valence-corrected chi connectivity index (χ0v) is 14.0. The van der Waals surface area contributed by atoms with Crippen molar-refractivity contribution in [2.75, 3.05) is 19.6 Å². The van der Waals surface area contributed by atoms with Crippen LogP contribution in [0.3, 0.4) is 0 Å². The van der Waals surface area contributed by atoms with E-state index in [1.807, 2.05) is 17.8 Å². The van der Waals surface area contributed by atoms with Crippen LogP contribution in [0.1, 0.15) is 19.8 Å². The van der Waals surface area contributed by atoms with E-state index in [0.717, 1.165) is 10.3 Å². The molecule has 2 heterocycles. The van der Waals surface area contributed by atoms with Gasteiger partial charge in [0.15, 0.2) is 0 Å². The maximum absolute atomic E-state index is 6.10. The lowest BCUT2D eigenvalue weighted by Crippen LogP contribution is -2.34. The first-order valence-corrected chi connectivity index (χ1v) is 8.17. The summed E-state index contributed by atoms with van der Waals surface area (Å²) in [5.41, 5.74) is 1.18. The minimum absolute atomic E-state index is 0. The van der Waals surface area contributed by atoms with Gasteiger partial charge in [0, 0.05) is 32.3 Å². The molecular weight excluding hydrogens is 311 g/mol. The van der Waals surface area contributed by atoms with E-state index in [4.69, 9.17) is 11.6 Å². The average molecular weight is 331 g/mol. The molecule has 3 rings (SSSR count). The number of hydrogen-bond donors (Lipinski definition) is 1. The molecule has 0 spiro atoms. The van der Waals surface area contributed by atoms with E-state index >= 15 is 0 Å². The van der Waals surface area contributed by atoms with Crippen molar-refractivity contribution >= 4 is 46.7 Å². The molecule has 0 unspecified atom stereocenters. The van der Waals surface area contributed by atoms with Gasteiger partial charge in [0.2, 0.25) is 0 Å². The number of halogens is 2. The lowest BCUT2D eigenvalue weighted by atomic mass is 10.1. The van der Waals surface area contributed by atoms with Gasteiger partial charge in [0.25, 0.3) is 0 Å². The third-order valence-electron chi connectivity index (χ3n) is 3.88. The summed E-state index contributed by atoms with van der Waals surface area (Å²) in [7, 11) is 0. The SMILES string of the molecule is CCN1CCC(Sc2c[nH]c3ccc(Cl)cc23)CC1.Cl. The van der Waals surface area contributed by atoms with E-state index in [-0.39, 0.29) is 12.4 Å². The van der Waals surface area contributed by atoms with Crippen molar-refractivity contribution in [1.29, 1.82) is 0 Å². The molecule has 2 aromatic rings. The number of thioether (sulfide) groups is 1. The Kier molecular flexibility index (Phi) is 5.67. The minimum Gasteiger partial charge on any atom is -0.360 e. The highest BCUT2D eigenvalue weighted by molar-refractivity contribution is 8.00. The molecule has 0 aliphatic carbocycles. The number of aromatic amines is 1. The molecule has 1 aliphatic rings. The highest BCUT2D eigenvalue weighted by atomic mass is 35.5. The van der Waals surface area contributed by atoms with E-state index in [1.54, 1.807) is 0 Å². The van der Waals surface area contributed by atoms with Crippen LogP contribution in [0.15, 0.2) is 29.3 Å². The molecule has 5 heteroatoms. The molecule has 0 atom stereocenters. The van der Waals surface area contributed by atoms with E-state index in [9.17, 15) is 0 Å². The zero-order valence-electron chi connectivity index (χ0n) is 11.6. The van der Waals surface area contributed by atoms with Crippen molar-refractivity contribution in [3.8, 4) is 0 Å². The van der Waals surface area contributed by atoms with Gasteiger partial charge in [0.05, 0.1) is 0 Å². The Labute approximate surface area is 135 Å². The Hall–Kier alpha value is -0.350. The number of aromatic nitrogens is 1. The Bertz CT molecular complexity index is 562. The van der Waals surface area contributed by atoms with Crippen molar-refractivity contribution in [1.82, 2.24) is 9.88 Å². The second kappa shape index (κ2) is 7.08. The Morgan fingerprint density at radius 2 is 2.10 bits per heavy atom. The number of benzene rings is 1. The maximum atomic E-state index is 6.10. The van der Waals surface area contributed by atoms with E-state index < -0.39 is 0 Å². The van der Waals surface area contributed by atoms with Crippen LogP contribution >= 0.6 is 35.8 Å². The van der Waals surface area contributed by atoms with Crippen LogP contribution in [-0.2, 0) is 0 Å². The average Bonchev–Trinajstić information content (AvgIpc) is 2.82. The summed E-state index contributed by atoms with van der Waals surface area (Å²) in [4.78, 5) is 7.21. The van der Waals surface area contributed by atoms with Gasteiger partial charge in [-0.05, 0) is 50.7 Å².